The van der Waals surface area contributed by atoms with E-state index in [0.717, 1.165) is 16.7 Å². The molecule has 0 saturated carbocycles. The summed E-state index contributed by atoms with van der Waals surface area (Å²) < 4.78 is 12.7. The van der Waals surface area contributed by atoms with E-state index in [4.69, 9.17) is 21.7 Å². The van der Waals surface area contributed by atoms with Crippen LogP contribution in [0, 0.1) is 18.6 Å². The lowest BCUT2D eigenvalue weighted by atomic mass is 10.1. The van der Waals surface area contributed by atoms with Crippen LogP contribution >= 0.6 is 12.2 Å². The first-order chi connectivity index (χ1) is 12.5. The number of nitrogens with zero attached hydrogens (tertiary/aromatic N) is 3. The van der Waals surface area contributed by atoms with Gasteiger partial charge in [0.25, 0.3) is 0 Å². The second-order valence-corrected chi connectivity index (χ2v) is 6.22. The van der Waals surface area contributed by atoms with Crippen molar-refractivity contribution in [3.05, 3.63) is 57.9 Å². The van der Waals surface area contributed by atoms with E-state index in [9.17, 15) is 0 Å². The van der Waals surface area contributed by atoms with Gasteiger partial charge in [-0.1, -0.05) is 23.8 Å². The molecule has 3 aromatic rings. The third-order valence-corrected chi connectivity index (χ3v) is 4.30. The highest BCUT2D eigenvalue weighted by atomic mass is 32.1. The van der Waals surface area contributed by atoms with E-state index in [-0.39, 0.29) is 0 Å². The van der Waals surface area contributed by atoms with E-state index >= 15 is 0 Å². The van der Waals surface area contributed by atoms with Crippen LogP contribution in [-0.2, 0) is 0 Å². The number of hydrogen-bond acceptors (Lipinski definition) is 5. The van der Waals surface area contributed by atoms with E-state index in [1.165, 1.54) is 5.56 Å². The van der Waals surface area contributed by atoms with Gasteiger partial charge in [-0.05, 0) is 49.3 Å². The Morgan fingerprint density at radius 2 is 1.92 bits per heavy atom. The molecule has 0 unspecified atom stereocenters. The Kier molecular flexibility index (Phi) is 5.18. The molecule has 2 aromatic carbocycles. The number of nitrogens with one attached hydrogen (secondary N) is 1. The van der Waals surface area contributed by atoms with Gasteiger partial charge >= 0.3 is 0 Å². The SMILES string of the molecule is COc1ccc(-c2n[nH]c(=S)n2/N=C\c2ccc(C)cc2C)c(OC)c1. The molecule has 0 aliphatic rings. The fourth-order valence-corrected chi connectivity index (χ4v) is 2.83. The topological polar surface area (TPSA) is 64.4 Å². The number of hydrogen-bond donors (Lipinski definition) is 1. The maximum absolute atomic E-state index is 5.47. The van der Waals surface area contributed by atoms with Crippen molar-refractivity contribution < 1.29 is 9.47 Å². The van der Waals surface area contributed by atoms with Crippen molar-refractivity contribution in [1.82, 2.24) is 14.9 Å². The standard InChI is InChI=1S/C19H20N4O2S/c1-12-5-6-14(13(2)9-12)11-20-23-18(21-22-19(23)26)16-8-7-15(24-3)10-17(16)25-4/h5-11H,1-4H3,(H,22,26)/b20-11-. The number of benzene rings is 2. The molecular weight excluding hydrogens is 348 g/mol. The minimum absolute atomic E-state index is 0.402. The van der Waals surface area contributed by atoms with E-state index < -0.39 is 0 Å². The number of aromatic amines is 1. The Morgan fingerprint density at radius 1 is 1.12 bits per heavy atom. The van der Waals surface area contributed by atoms with Crippen LogP contribution in [0.4, 0.5) is 0 Å². The summed E-state index contributed by atoms with van der Waals surface area (Å²) in [5.74, 6) is 1.89. The van der Waals surface area contributed by atoms with Crippen LogP contribution in [-0.4, -0.2) is 35.3 Å². The molecule has 0 aliphatic carbocycles. The molecule has 0 atom stereocenters. The quantitative estimate of drug-likeness (QED) is 0.543. The van der Waals surface area contributed by atoms with Gasteiger partial charge < -0.3 is 9.47 Å². The molecule has 0 fully saturated rings. The lowest BCUT2D eigenvalue weighted by Gasteiger charge is -2.09. The molecule has 0 bridgehead atoms. The molecule has 134 valence electrons. The predicted octanol–water partition coefficient (Wildman–Crippen LogP) is 4.12. The molecule has 6 nitrogen and oxygen atoms in total. The monoisotopic (exact) mass is 368 g/mol. The van der Waals surface area contributed by atoms with Crippen molar-refractivity contribution in [3.8, 4) is 22.9 Å². The van der Waals surface area contributed by atoms with Crippen molar-refractivity contribution in [2.24, 2.45) is 5.10 Å². The van der Waals surface area contributed by atoms with E-state index in [1.54, 1.807) is 31.2 Å². The molecule has 0 aliphatic heterocycles. The first-order valence-corrected chi connectivity index (χ1v) is 8.45. The van der Waals surface area contributed by atoms with Crippen LogP contribution in [0.15, 0.2) is 41.5 Å². The minimum Gasteiger partial charge on any atom is -0.497 e. The first kappa shape index (κ1) is 17.9. The zero-order valence-electron chi connectivity index (χ0n) is 15.1. The molecule has 1 heterocycles. The maximum Gasteiger partial charge on any atom is 0.216 e. The van der Waals surface area contributed by atoms with Crippen molar-refractivity contribution in [3.63, 3.8) is 0 Å². The lowest BCUT2D eigenvalue weighted by molar-refractivity contribution is 0.395. The fourth-order valence-electron chi connectivity index (χ4n) is 2.65. The fraction of sp³-hybridized carbons (Fsp3) is 0.211. The van der Waals surface area contributed by atoms with Crippen LogP contribution in [0.3, 0.4) is 0 Å². The van der Waals surface area contributed by atoms with Gasteiger partial charge in [0, 0.05) is 6.07 Å². The summed E-state index contributed by atoms with van der Waals surface area (Å²) in [4.78, 5) is 0. The average Bonchev–Trinajstić information content (AvgIpc) is 3.01. The molecule has 0 spiro atoms. The van der Waals surface area contributed by atoms with E-state index in [1.807, 2.05) is 18.2 Å². The normalized spacial score (nSPS) is 11.1. The number of aromatic nitrogens is 3. The molecule has 0 saturated heterocycles. The first-order valence-electron chi connectivity index (χ1n) is 8.05. The Labute approximate surface area is 157 Å². The maximum atomic E-state index is 5.47. The Bertz CT molecular complexity index is 1020. The van der Waals surface area contributed by atoms with Crippen LogP contribution in [0.2, 0.25) is 0 Å². The zero-order chi connectivity index (χ0) is 18.7. The Hall–Kier alpha value is -2.93. The average molecular weight is 368 g/mol. The summed E-state index contributed by atoms with van der Waals surface area (Å²) in [5.41, 5.74) is 4.14. The van der Waals surface area contributed by atoms with Gasteiger partial charge in [-0.15, -0.1) is 0 Å². The third kappa shape index (κ3) is 3.52. The number of rotatable bonds is 5. The minimum atomic E-state index is 0.402. The van der Waals surface area contributed by atoms with Crippen LogP contribution in [0.5, 0.6) is 11.5 Å². The van der Waals surface area contributed by atoms with Crippen LogP contribution in [0.1, 0.15) is 16.7 Å². The van der Waals surface area contributed by atoms with Gasteiger partial charge in [-0.3, -0.25) is 0 Å². The van der Waals surface area contributed by atoms with Gasteiger partial charge in [-0.2, -0.15) is 14.9 Å². The molecule has 7 heteroatoms. The highest BCUT2D eigenvalue weighted by Crippen LogP contribution is 2.32. The third-order valence-electron chi connectivity index (χ3n) is 4.04. The van der Waals surface area contributed by atoms with Crippen molar-refractivity contribution in [2.45, 2.75) is 13.8 Å². The Balaban J connectivity index is 2.05. The summed E-state index contributed by atoms with van der Waals surface area (Å²) in [6.07, 6.45) is 1.78. The zero-order valence-corrected chi connectivity index (χ0v) is 15.9. The highest BCUT2D eigenvalue weighted by Gasteiger charge is 2.14. The summed E-state index contributed by atoms with van der Waals surface area (Å²) in [5, 5.41) is 11.6. The second-order valence-electron chi connectivity index (χ2n) is 5.83. The number of H-pyrrole nitrogens is 1. The summed E-state index contributed by atoms with van der Waals surface area (Å²) in [6.45, 7) is 4.12. The van der Waals surface area contributed by atoms with Crippen molar-refractivity contribution >= 4 is 18.4 Å². The molecule has 1 aromatic heterocycles. The highest BCUT2D eigenvalue weighted by molar-refractivity contribution is 7.71. The lowest BCUT2D eigenvalue weighted by Crippen LogP contribution is -1.98. The summed E-state index contributed by atoms with van der Waals surface area (Å²) >= 11 is 5.34. The van der Waals surface area contributed by atoms with Gasteiger partial charge in [-0.25, -0.2) is 5.10 Å². The van der Waals surface area contributed by atoms with Gasteiger partial charge in [0.15, 0.2) is 5.82 Å². The smallest absolute Gasteiger partial charge is 0.216 e. The van der Waals surface area contributed by atoms with Crippen molar-refractivity contribution in [1.29, 1.82) is 0 Å². The summed E-state index contributed by atoms with van der Waals surface area (Å²) in [6, 6.07) is 11.7. The van der Waals surface area contributed by atoms with Gasteiger partial charge in [0.05, 0.1) is 26.0 Å². The molecule has 0 amide bonds. The van der Waals surface area contributed by atoms with Gasteiger partial charge in [0.1, 0.15) is 11.5 Å². The van der Waals surface area contributed by atoms with Crippen molar-refractivity contribution in [2.75, 3.05) is 14.2 Å². The molecule has 1 N–H and O–H groups in total. The second kappa shape index (κ2) is 7.53. The molecule has 0 radical (unpaired) electrons. The molecule has 3 rings (SSSR count). The largest absolute Gasteiger partial charge is 0.497 e. The summed E-state index contributed by atoms with van der Waals surface area (Å²) in [7, 11) is 3.21. The number of aryl methyl sites for hydroxylation is 2. The number of ether oxygens (including phenoxy) is 2. The van der Waals surface area contributed by atoms with E-state index in [0.29, 0.717) is 22.1 Å². The predicted molar refractivity (Wildman–Crippen MR) is 105 cm³/mol. The van der Waals surface area contributed by atoms with Crippen LogP contribution in [0.25, 0.3) is 11.4 Å². The molecular formula is C19H20N4O2S. The van der Waals surface area contributed by atoms with Gasteiger partial charge in [0.2, 0.25) is 4.77 Å². The molecule has 26 heavy (non-hydrogen) atoms. The Morgan fingerprint density at radius 3 is 2.62 bits per heavy atom. The van der Waals surface area contributed by atoms with E-state index in [2.05, 4.69) is 41.3 Å². The van der Waals surface area contributed by atoms with Crippen LogP contribution < -0.4 is 9.47 Å². The number of methoxy groups -OCH3 is 2.